The van der Waals surface area contributed by atoms with E-state index in [1.165, 1.54) is 5.56 Å². The Morgan fingerprint density at radius 2 is 1.79 bits per heavy atom. The number of aliphatic imine (C=N–C) groups is 1. The largest absolute Gasteiger partial charge is 0.493 e. The number of methoxy groups -OCH3 is 2. The lowest BCUT2D eigenvalue weighted by Crippen LogP contribution is -2.40. The maximum absolute atomic E-state index is 5.40. The number of para-hydroxylation sites is 1. The fourth-order valence-corrected chi connectivity index (χ4v) is 2.96. The number of ether oxygens (including phenoxy) is 2. The van der Waals surface area contributed by atoms with Gasteiger partial charge in [-0.15, -0.1) is 0 Å². The van der Waals surface area contributed by atoms with Gasteiger partial charge in [-0.05, 0) is 49.6 Å². The molecule has 2 N–H and O–H groups in total. The Labute approximate surface area is 174 Å². The third kappa shape index (κ3) is 7.56. The average Bonchev–Trinajstić information content (AvgIpc) is 2.76. The molecule has 2 aromatic rings. The first-order chi connectivity index (χ1) is 14.2. The molecule has 2 rings (SSSR count). The van der Waals surface area contributed by atoms with E-state index < -0.39 is 0 Å². The van der Waals surface area contributed by atoms with Gasteiger partial charge >= 0.3 is 0 Å². The molecule has 158 valence electrons. The summed E-state index contributed by atoms with van der Waals surface area (Å²) in [5.74, 6) is 2.45. The van der Waals surface area contributed by atoms with Crippen molar-refractivity contribution in [2.24, 2.45) is 4.99 Å². The molecule has 0 saturated heterocycles. The molecule has 0 aliphatic carbocycles. The molecule has 0 amide bonds. The molecule has 0 aromatic heterocycles. The van der Waals surface area contributed by atoms with Crippen LogP contribution in [0.25, 0.3) is 0 Å². The normalized spacial score (nSPS) is 11.1. The van der Waals surface area contributed by atoms with Crippen molar-refractivity contribution in [1.29, 1.82) is 0 Å². The molecule has 2 aromatic carbocycles. The molecule has 0 aliphatic rings. The summed E-state index contributed by atoms with van der Waals surface area (Å²) in [6.07, 6.45) is 1.88. The summed E-state index contributed by atoms with van der Waals surface area (Å²) in [5.41, 5.74) is 2.35. The van der Waals surface area contributed by atoms with Crippen LogP contribution >= 0.6 is 0 Å². The fourth-order valence-electron chi connectivity index (χ4n) is 2.96. The summed E-state index contributed by atoms with van der Waals surface area (Å²) >= 11 is 0. The first kappa shape index (κ1) is 22.4. The summed E-state index contributed by atoms with van der Waals surface area (Å²) in [6.45, 7) is 5.49. The van der Waals surface area contributed by atoms with E-state index in [0.29, 0.717) is 0 Å². The molecule has 0 saturated carbocycles. The van der Waals surface area contributed by atoms with Crippen LogP contribution in [0, 0.1) is 0 Å². The zero-order valence-electron chi connectivity index (χ0n) is 18.1. The minimum Gasteiger partial charge on any atom is -0.493 e. The summed E-state index contributed by atoms with van der Waals surface area (Å²) in [5, 5.41) is 6.80. The van der Waals surface area contributed by atoms with E-state index in [9.17, 15) is 0 Å². The molecule has 29 heavy (non-hydrogen) atoms. The summed E-state index contributed by atoms with van der Waals surface area (Å²) < 4.78 is 10.7. The lowest BCUT2D eigenvalue weighted by molar-refractivity contribution is 0.354. The minimum absolute atomic E-state index is 0.753. The molecule has 0 spiro atoms. The summed E-state index contributed by atoms with van der Waals surface area (Å²) in [4.78, 5) is 6.94. The number of nitrogens with zero attached hydrogens (tertiary/aromatic N) is 2. The highest BCUT2D eigenvalue weighted by atomic mass is 16.5. The van der Waals surface area contributed by atoms with Crippen molar-refractivity contribution in [3.8, 4) is 11.5 Å². The van der Waals surface area contributed by atoms with Crippen molar-refractivity contribution in [1.82, 2.24) is 10.2 Å². The molecule has 0 atom stereocenters. The van der Waals surface area contributed by atoms with Crippen LogP contribution in [0.4, 0.5) is 5.69 Å². The quantitative estimate of drug-likeness (QED) is 0.344. The number of anilines is 1. The van der Waals surface area contributed by atoms with Gasteiger partial charge in [0.05, 0.1) is 14.2 Å². The van der Waals surface area contributed by atoms with Gasteiger partial charge in [0.25, 0.3) is 0 Å². The van der Waals surface area contributed by atoms with E-state index in [0.717, 1.165) is 62.2 Å². The van der Waals surface area contributed by atoms with E-state index in [2.05, 4.69) is 47.7 Å². The van der Waals surface area contributed by atoms with E-state index in [1.807, 2.05) is 30.3 Å². The Kier molecular flexibility index (Phi) is 9.69. The monoisotopic (exact) mass is 398 g/mol. The van der Waals surface area contributed by atoms with Crippen molar-refractivity contribution in [2.45, 2.75) is 19.8 Å². The van der Waals surface area contributed by atoms with Crippen LogP contribution < -0.4 is 20.1 Å². The average molecular weight is 399 g/mol. The van der Waals surface area contributed by atoms with Crippen LogP contribution in [0.2, 0.25) is 0 Å². The predicted molar refractivity (Wildman–Crippen MR) is 121 cm³/mol. The molecule has 0 fully saturated rings. The van der Waals surface area contributed by atoms with E-state index in [4.69, 9.17) is 14.5 Å². The number of nitrogens with one attached hydrogen (secondary N) is 2. The van der Waals surface area contributed by atoms with E-state index in [-0.39, 0.29) is 0 Å². The number of hydrogen-bond acceptors (Lipinski definition) is 4. The highest BCUT2D eigenvalue weighted by molar-refractivity contribution is 5.79. The zero-order chi connectivity index (χ0) is 20.9. The number of guanidine groups is 1. The first-order valence-electron chi connectivity index (χ1n) is 10.2. The fraction of sp³-hybridized carbons (Fsp3) is 0.435. The van der Waals surface area contributed by atoms with Gasteiger partial charge < -0.3 is 25.0 Å². The van der Waals surface area contributed by atoms with E-state index >= 15 is 0 Å². The standard InChI is InChI=1S/C23H34N4O2/c1-5-24-23(26-16-9-15-25-20-10-7-6-8-11-20)27(2)17-14-19-12-13-21(28-3)22(18-19)29-4/h6-8,10-13,18,25H,5,9,14-17H2,1-4H3,(H,24,26). The highest BCUT2D eigenvalue weighted by Crippen LogP contribution is 2.27. The number of hydrogen-bond donors (Lipinski definition) is 2. The van der Waals surface area contributed by atoms with Crippen molar-refractivity contribution in [2.75, 3.05) is 52.8 Å². The second-order valence-corrected chi connectivity index (χ2v) is 6.74. The summed E-state index contributed by atoms with van der Waals surface area (Å²) in [7, 11) is 5.39. The van der Waals surface area contributed by atoms with Crippen LogP contribution in [-0.4, -0.2) is 58.3 Å². The van der Waals surface area contributed by atoms with Crippen molar-refractivity contribution < 1.29 is 9.47 Å². The highest BCUT2D eigenvalue weighted by Gasteiger charge is 2.08. The minimum atomic E-state index is 0.753. The second-order valence-electron chi connectivity index (χ2n) is 6.74. The van der Waals surface area contributed by atoms with Crippen LogP contribution in [0.5, 0.6) is 11.5 Å². The van der Waals surface area contributed by atoms with Crippen LogP contribution in [0.1, 0.15) is 18.9 Å². The second kappa shape index (κ2) is 12.5. The Bertz CT molecular complexity index is 750. The van der Waals surface area contributed by atoms with Crippen LogP contribution in [0.3, 0.4) is 0 Å². The summed E-state index contributed by atoms with van der Waals surface area (Å²) in [6, 6.07) is 16.3. The maximum Gasteiger partial charge on any atom is 0.193 e. The molecule has 6 heteroatoms. The van der Waals surface area contributed by atoms with Crippen molar-refractivity contribution in [3.63, 3.8) is 0 Å². The predicted octanol–water partition coefficient (Wildman–Crippen LogP) is 3.65. The van der Waals surface area contributed by atoms with Crippen LogP contribution in [0.15, 0.2) is 53.5 Å². The third-order valence-corrected chi connectivity index (χ3v) is 4.58. The molecule has 0 aliphatic heterocycles. The molecule has 0 bridgehead atoms. The topological polar surface area (TPSA) is 58.1 Å². The number of benzene rings is 2. The van der Waals surface area contributed by atoms with Gasteiger partial charge in [0, 0.05) is 38.9 Å². The molecule has 0 radical (unpaired) electrons. The Balaban J connectivity index is 1.83. The molecular weight excluding hydrogens is 364 g/mol. The van der Waals surface area contributed by atoms with Gasteiger partial charge in [-0.25, -0.2) is 0 Å². The SMILES string of the molecule is CCNC(=NCCCNc1ccccc1)N(C)CCc1ccc(OC)c(OC)c1. The smallest absolute Gasteiger partial charge is 0.193 e. The zero-order valence-corrected chi connectivity index (χ0v) is 18.1. The van der Waals surface area contributed by atoms with Gasteiger partial charge in [0.15, 0.2) is 17.5 Å². The van der Waals surface area contributed by atoms with Gasteiger partial charge in [0.1, 0.15) is 0 Å². The Hall–Kier alpha value is -2.89. The molecule has 0 unspecified atom stereocenters. The van der Waals surface area contributed by atoms with E-state index in [1.54, 1.807) is 14.2 Å². The van der Waals surface area contributed by atoms with Gasteiger partial charge in [0.2, 0.25) is 0 Å². The van der Waals surface area contributed by atoms with Gasteiger partial charge in [-0.2, -0.15) is 0 Å². The van der Waals surface area contributed by atoms with Gasteiger partial charge in [-0.1, -0.05) is 24.3 Å². The Morgan fingerprint density at radius 3 is 2.48 bits per heavy atom. The van der Waals surface area contributed by atoms with Crippen molar-refractivity contribution in [3.05, 3.63) is 54.1 Å². The number of rotatable bonds is 11. The lowest BCUT2D eigenvalue weighted by atomic mass is 10.1. The lowest BCUT2D eigenvalue weighted by Gasteiger charge is -2.22. The maximum atomic E-state index is 5.40. The Morgan fingerprint density at radius 1 is 1.03 bits per heavy atom. The molecular formula is C23H34N4O2. The first-order valence-corrected chi connectivity index (χ1v) is 10.2. The van der Waals surface area contributed by atoms with Crippen LogP contribution in [-0.2, 0) is 6.42 Å². The molecule has 0 heterocycles. The number of likely N-dealkylation sites (N-methyl/N-ethyl adjacent to an activating group) is 1. The van der Waals surface area contributed by atoms with Gasteiger partial charge in [-0.3, -0.25) is 4.99 Å². The molecule has 6 nitrogen and oxygen atoms in total. The van der Waals surface area contributed by atoms with Crippen molar-refractivity contribution >= 4 is 11.6 Å². The third-order valence-electron chi connectivity index (χ3n) is 4.58.